The van der Waals surface area contributed by atoms with E-state index in [1.165, 1.54) is 17.3 Å². The number of carbonyl (C=O) groups excluding carboxylic acids is 1. The molecule has 2 aromatic rings. The van der Waals surface area contributed by atoms with Crippen molar-refractivity contribution in [1.29, 1.82) is 0 Å². The zero-order valence-corrected chi connectivity index (χ0v) is 14.1. The molecule has 1 fully saturated rings. The van der Waals surface area contributed by atoms with E-state index in [9.17, 15) is 13.6 Å². The Morgan fingerprint density at radius 1 is 1.36 bits per heavy atom. The van der Waals surface area contributed by atoms with E-state index in [0.717, 1.165) is 0 Å². The standard InChI is InChI=1S/C17H20F2N4O2/c1-23(2)13(24)4-3-11-9-20-15-14(11)16(22-10-21-15)25-12-5-7-17(18,19)8-6-12/h3-4,9-10,12H,5-8H2,1-2H3,(H,20,21,22). The van der Waals surface area contributed by atoms with Gasteiger partial charge in [0.05, 0.1) is 5.39 Å². The van der Waals surface area contributed by atoms with Gasteiger partial charge in [-0.05, 0) is 18.9 Å². The quantitative estimate of drug-likeness (QED) is 0.861. The van der Waals surface area contributed by atoms with Crippen LogP contribution in [0.1, 0.15) is 31.2 Å². The number of hydrogen-bond donors (Lipinski definition) is 1. The van der Waals surface area contributed by atoms with E-state index in [-0.39, 0.29) is 37.7 Å². The Balaban J connectivity index is 1.84. The van der Waals surface area contributed by atoms with Crippen molar-refractivity contribution in [2.24, 2.45) is 0 Å². The van der Waals surface area contributed by atoms with E-state index in [1.54, 1.807) is 26.4 Å². The number of likely N-dealkylation sites (N-methyl/N-ethyl adjacent to an activating group) is 1. The van der Waals surface area contributed by atoms with Crippen molar-refractivity contribution in [1.82, 2.24) is 19.9 Å². The number of hydrogen-bond acceptors (Lipinski definition) is 4. The van der Waals surface area contributed by atoms with E-state index in [1.807, 2.05) is 0 Å². The molecule has 25 heavy (non-hydrogen) atoms. The third kappa shape index (κ3) is 3.94. The summed E-state index contributed by atoms with van der Waals surface area (Å²) >= 11 is 0. The van der Waals surface area contributed by atoms with Gasteiger partial charge in [-0.15, -0.1) is 0 Å². The maximum absolute atomic E-state index is 13.3. The number of carbonyl (C=O) groups is 1. The lowest BCUT2D eigenvalue weighted by molar-refractivity contribution is -0.123. The van der Waals surface area contributed by atoms with Gasteiger partial charge in [0.25, 0.3) is 0 Å². The first-order valence-electron chi connectivity index (χ1n) is 8.12. The lowest BCUT2D eigenvalue weighted by Gasteiger charge is -2.28. The Labute approximate surface area is 143 Å². The molecular weight excluding hydrogens is 330 g/mol. The maximum atomic E-state index is 13.3. The van der Waals surface area contributed by atoms with Gasteiger partial charge in [0.1, 0.15) is 18.1 Å². The molecule has 134 valence electrons. The van der Waals surface area contributed by atoms with Crippen LogP contribution >= 0.6 is 0 Å². The second-order valence-electron chi connectivity index (χ2n) is 6.39. The first-order chi connectivity index (χ1) is 11.9. The molecule has 1 amide bonds. The maximum Gasteiger partial charge on any atom is 0.248 e. The van der Waals surface area contributed by atoms with Crippen molar-refractivity contribution < 1.29 is 18.3 Å². The fraction of sp³-hybridized carbons (Fsp3) is 0.471. The number of nitrogens with one attached hydrogen (secondary N) is 1. The summed E-state index contributed by atoms with van der Waals surface area (Å²) in [4.78, 5) is 24.5. The number of aromatic amines is 1. The van der Waals surface area contributed by atoms with Crippen molar-refractivity contribution in [2.45, 2.75) is 37.7 Å². The molecule has 2 aromatic heterocycles. The molecule has 0 bridgehead atoms. The molecule has 0 radical (unpaired) electrons. The fourth-order valence-corrected chi connectivity index (χ4v) is 2.78. The summed E-state index contributed by atoms with van der Waals surface area (Å²) in [7, 11) is 3.33. The summed E-state index contributed by atoms with van der Waals surface area (Å²) < 4.78 is 32.5. The normalized spacial score (nSPS) is 17.9. The number of aromatic nitrogens is 3. The number of nitrogens with zero attached hydrogens (tertiary/aromatic N) is 3. The Morgan fingerprint density at radius 3 is 2.76 bits per heavy atom. The topological polar surface area (TPSA) is 71.1 Å². The number of fused-ring (bicyclic) bond motifs is 1. The van der Waals surface area contributed by atoms with E-state index in [4.69, 9.17) is 4.74 Å². The van der Waals surface area contributed by atoms with Gasteiger partial charge in [-0.1, -0.05) is 0 Å². The van der Waals surface area contributed by atoms with Gasteiger partial charge < -0.3 is 14.6 Å². The van der Waals surface area contributed by atoms with Crippen molar-refractivity contribution in [3.05, 3.63) is 24.2 Å². The largest absolute Gasteiger partial charge is 0.474 e. The molecule has 0 atom stereocenters. The average Bonchev–Trinajstić information content (AvgIpc) is 2.98. The molecule has 8 heteroatoms. The van der Waals surface area contributed by atoms with Gasteiger partial charge in [0.15, 0.2) is 0 Å². The minimum Gasteiger partial charge on any atom is -0.474 e. The number of amides is 1. The van der Waals surface area contributed by atoms with Crippen molar-refractivity contribution >= 4 is 23.0 Å². The monoisotopic (exact) mass is 350 g/mol. The zero-order chi connectivity index (χ0) is 18.0. The van der Waals surface area contributed by atoms with Crippen LogP contribution in [0.25, 0.3) is 17.1 Å². The first-order valence-corrected chi connectivity index (χ1v) is 8.12. The zero-order valence-electron chi connectivity index (χ0n) is 14.1. The highest BCUT2D eigenvalue weighted by Gasteiger charge is 2.36. The summed E-state index contributed by atoms with van der Waals surface area (Å²) in [6.07, 6.45) is 6.09. The second kappa shape index (κ2) is 6.78. The van der Waals surface area contributed by atoms with Crippen LogP contribution in [0, 0.1) is 0 Å². The van der Waals surface area contributed by atoms with Gasteiger partial charge in [0.2, 0.25) is 17.7 Å². The van der Waals surface area contributed by atoms with Gasteiger partial charge in [0, 0.05) is 44.8 Å². The second-order valence-corrected chi connectivity index (χ2v) is 6.39. The Kier molecular flexibility index (Phi) is 4.69. The molecule has 0 unspecified atom stereocenters. The number of halogens is 2. The van der Waals surface area contributed by atoms with Gasteiger partial charge in [-0.25, -0.2) is 18.7 Å². The van der Waals surface area contributed by atoms with Crippen LogP contribution < -0.4 is 4.74 Å². The molecule has 2 heterocycles. The van der Waals surface area contributed by atoms with Gasteiger partial charge in [-0.2, -0.15) is 0 Å². The predicted molar refractivity (Wildman–Crippen MR) is 89.4 cm³/mol. The van der Waals surface area contributed by atoms with Crippen LogP contribution in [0.2, 0.25) is 0 Å². The van der Waals surface area contributed by atoms with Gasteiger partial charge >= 0.3 is 0 Å². The van der Waals surface area contributed by atoms with Crippen LogP contribution in [0.4, 0.5) is 8.78 Å². The molecule has 1 aliphatic rings. The molecule has 3 rings (SSSR count). The number of ether oxygens (including phenoxy) is 1. The highest BCUT2D eigenvalue weighted by atomic mass is 19.3. The van der Waals surface area contributed by atoms with Crippen molar-refractivity contribution in [3.63, 3.8) is 0 Å². The molecule has 1 aliphatic carbocycles. The molecular formula is C17H20F2N4O2. The molecule has 0 saturated heterocycles. The van der Waals surface area contributed by atoms with E-state index in [0.29, 0.717) is 22.5 Å². The lowest BCUT2D eigenvalue weighted by atomic mass is 9.94. The molecule has 0 aromatic carbocycles. The van der Waals surface area contributed by atoms with Crippen LogP contribution in [0.3, 0.4) is 0 Å². The summed E-state index contributed by atoms with van der Waals surface area (Å²) in [6.45, 7) is 0. The van der Waals surface area contributed by atoms with Crippen LogP contribution in [0.5, 0.6) is 5.88 Å². The number of H-pyrrole nitrogens is 1. The van der Waals surface area contributed by atoms with Crippen molar-refractivity contribution in [3.8, 4) is 5.88 Å². The van der Waals surface area contributed by atoms with Crippen LogP contribution in [-0.4, -0.2) is 51.9 Å². The predicted octanol–water partition coefficient (Wildman–Crippen LogP) is 3.02. The highest BCUT2D eigenvalue weighted by Crippen LogP contribution is 2.36. The van der Waals surface area contributed by atoms with Gasteiger partial charge in [-0.3, -0.25) is 4.79 Å². The van der Waals surface area contributed by atoms with E-state index in [2.05, 4.69) is 15.0 Å². The third-order valence-electron chi connectivity index (χ3n) is 4.25. The third-order valence-corrected chi connectivity index (χ3v) is 4.25. The summed E-state index contributed by atoms with van der Waals surface area (Å²) in [6, 6.07) is 0. The highest BCUT2D eigenvalue weighted by molar-refractivity contribution is 5.96. The van der Waals surface area contributed by atoms with E-state index >= 15 is 0 Å². The van der Waals surface area contributed by atoms with Crippen LogP contribution in [-0.2, 0) is 4.79 Å². The fourth-order valence-electron chi connectivity index (χ4n) is 2.78. The molecule has 0 spiro atoms. The Hall–Kier alpha value is -2.51. The Bertz CT molecular complexity index is 791. The number of rotatable bonds is 4. The Morgan fingerprint density at radius 2 is 2.08 bits per heavy atom. The SMILES string of the molecule is CN(C)C(=O)C=Cc1c[nH]c2ncnc(OC3CCC(F)(F)CC3)c12. The average molecular weight is 350 g/mol. The molecule has 0 aliphatic heterocycles. The van der Waals surface area contributed by atoms with E-state index < -0.39 is 5.92 Å². The summed E-state index contributed by atoms with van der Waals surface area (Å²) in [5, 5.41) is 0.641. The smallest absolute Gasteiger partial charge is 0.248 e. The number of alkyl halides is 2. The van der Waals surface area contributed by atoms with Crippen molar-refractivity contribution in [2.75, 3.05) is 14.1 Å². The lowest BCUT2D eigenvalue weighted by Crippen LogP contribution is -2.31. The minimum absolute atomic E-state index is 0.150. The summed E-state index contributed by atoms with van der Waals surface area (Å²) in [5.74, 6) is -2.41. The summed E-state index contributed by atoms with van der Waals surface area (Å²) in [5.41, 5.74) is 1.28. The first kappa shape index (κ1) is 17.3. The molecule has 6 nitrogen and oxygen atoms in total. The van der Waals surface area contributed by atoms with Crippen LogP contribution in [0.15, 0.2) is 18.6 Å². The molecule has 1 N–H and O–H groups in total. The molecule has 1 saturated carbocycles. The minimum atomic E-state index is -2.60.